The third-order valence-corrected chi connectivity index (χ3v) is 5.96. The van der Waals surface area contributed by atoms with E-state index in [0.717, 1.165) is 34.7 Å². The molecule has 0 bridgehead atoms. The predicted octanol–water partition coefficient (Wildman–Crippen LogP) is 3.03. The second kappa shape index (κ2) is 8.72. The molecular formula is C23H31N3O3. The number of carbonyl (C=O) groups excluding carboxylic acids is 2. The van der Waals surface area contributed by atoms with Crippen molar-refractivity contribution in [2.45, 2.75) is 40.7 Å². The number of benzene rings is 1. The molecule has 2 amide bonds. The molecule has 1 saturated heterocycles. The van der Waals surface area contributed by atoms with E-state index in [1.165, 1.54) is 5.56 Å². The zero-order chi connectivity index (χ0) is 21.1. The number of hydrogen-bond donors (Lipinski definition) is 0. The minimum absolute atomic E-state index is 0.0522. The standard InChI is InChI=1S/C23H31N3O3/c1-6-21-16(2)22(23(28)25-12-10-24(11-13-25)18(4)27)26(17(21)3)15-19-8-7-9-20(14-19)29-5/h7-9,14H,6,10-13,15H2,1-5H3. The average Bonchev–Trinajstić information content (AvgIpc) is 2.96. The molecule has 0 aliphatic carbocycles. The lowest BCUT2D eigenvalue weighted by Crippen LogP contribution is -2.50. The van der Waals surface area contributed by atoms with Crippen LogP contribution in [0.3, 0.4) is 0 Å². The van der Waals surface area contributed by atoms with E-state index in [4.69, 9.17) is 4.74 Å². The third-order valence-electron chi connectivity index (χ3n) is 5.96. The summed E-state index contributed by atoms with van der Waals surface area (Å²) in [6, 6.07) is 7.97. The van der Waals surface area contributed by atoms with Crippen LogP contribution in [0.2, 0.25) is 0 Å². The minimum atomic E-state index is 0.0522. The summed E-state index contributed by atoms with van der Waals surface area (Å²) in [6.07, 6.45) is 0.890. The predicted molar refractivity (Wildman–Crippen MR) is 114 cm³/mol. The number of methoxy groups -OCH3 is 1. The number of nitrogens with zero attached hydrogens (tertiary/aromatic N) is 3. The summed E-state index contributed by atoms with van der Waals surface area (Å²) in [5.74, 6) is 0.933. The average molecular weight is 398 g/mol. The van der Waals surface area contributed by atoms with Crippen molar-refractivity contribution in [2.24, 2.45) is 0 Å². The molecule has 3 rings (SSSR count). The Hall–Kier alpha value is -2.76. The van der Waals surface area contributed by atoms with Crippen LogP contribution in [-0.4, -0.2) is 59.5 Å². The summed E-state index contributed by atoms with van der Waals surface area (Å²) >= 11 is 0. The summed E-state index contributed by atoms with van der Waals surface area (Å²) in [4.78, 5) is 28.8. The van der Waals surface area contributed by atoms with Gasteiger partial charge in [0.25, 0.3) is 5.91 Å². The van der Waals surface area contributed by atoms with Crippen LogP contribution in [-0.2, 0) is 17.8 Å². The third kappa shape index (κ3) is 4.16. The summed E-state index contributed by atoms with van der Waals surface area (Å²) in [7, 11) is 1.66. The number of hydrogen-bond acceptors (Lipinski definition) is 3. The fraction of sp³-hybridized carbons (Fsp3) is 0.478. The first kappa shape index (κ1) is 21.0. The van der Waals surface area contributed by atoms with Gasteiger partial charge in [0.05, 0.1) is 7.11 Å². The zero-order valence-corrected chi connectivity index (χ0v) is 18.1. The molecule has 6 heteroatoms. The maximum Gasteiger partial charge on any atom is 0.270 e. The molecular weight excluding hydrogens is 366 g/mol. The molecule has 0 N–H and O–H groups in total. The number of aromatic nitrogens is 1. The van der Waals surface area contributed by atoms with Crippen LogP contribution >= 0.6 is 0 Å². The zero-order valence-electron chi connectivity index (χ0n) is 18.1. The molecule has 6 nitrogen and oxygen atoms in total. The maximum absolute atomic E-state index is 13.5. The van der Waals surface area contributed by atoms with E-state index >= 15 is 0 Å². The van der Waals surface area contributed by atoms with Gasteiger partial charge in [0.15, 0.2) is 0 Å². The number of piperazine rings is 1. The number of carbonyl (C=O) groups is 2. The Kier molecular flexibility index (Phi) is 6.30. The molecule has 0 radical (unpaired) electrons. The van der Waals surface area contributed by atoms with Crippen LogP contribution in [0.4, 0.5) is 0 Å². The van der Waals surface area contributed by atoms with E-state index < -0.39 is 0 Å². The Labute approximate surface area is 173 Å². The fourth-order valence-corrected chi connectivity index (χ4v) is 4.27. The van der Waals surface area contributed by atoms with Crippen LogP contribution < -0.4 is 4.74 Å². The van der Waals surface area contributed by atoms with Gasteiger partial charge >= 0.3 is 0 Å². The molecule has 29 heavy (non-hydrogen) atoms. The van der Waals surface area contributed by atoms with Crippen LogP contribution in [0.25, 0.3) is 0 Å². The highest BCUT2D eigenvalue weighted by Crippen LogP contribution is 2.26. The van der Waals surface area contributed by atoms with E-state index in [2.05, 4.69) is 24.5 Å². The first-order valence-electron chi connectivity index (χ1n) is 10.2. The quantitative estimate of drug-likeness (QED) is 0.779. The van der Waals surface area contributed by atoms with E-state index in [-0.39, 0.29) is 11.8 Å². The largest absolute Gasteiger partial charge is 0.497 e. The molecule has 2 aromatic rings. The normalized spacial score (nSPS) is 14.2. The van der Waals surface area contributed by atoms with Gasteiger partial charge in [-0.15, -0.1) is 0 Å². The van der Waals surface area contributed by atoms with Gasteiger partial charge in [-0.05, 0) is 49.1 Å². The van der Waals surface area contributed by atoms with Crippen molar-refractivity contribution in [3.8, 4) is 5.75 Å². The van der Waals surface area contributed by atoms with Crippen molar-refractivity contribution in [1.29, 1.82) is 0 Å². The lowest BCUT2D eigenvalue weighted by Gasteiger charge is -2.34. The molecule has 0 unspecified atom stereocenters. The summed E-state index contributed by atoms with van der Waals surface area (Å²) in [5.41, 5.74) is 5.29. The monoisotopic (exact) mass is 397 g/mol. The molecule has 0 spiro atoms. The molecule has 1 aliphatic heterocycles. The van der Waals surface area contributed by atoms with Gasteiger partial charge in [-0.3, -0.25) is 9.59 Å². The van der Waals surface area contributed by atoms with Crippen molar-refractivity contribution in [3.63, 3.8) is 0 Å². The van der Waals surface area contributed by atoms with E-state index in [1.807, 2.05) is 30.0 Å². The van der Waals surface area contributed by atoms with Gasteiger partial charge < -0.3 is 19.1 Å². The van der Waals surface area contributed by atoms with E-state index in [0.29, 0.717) is 32.7 Å². The second-order valence-corrected chi connectivity index (χ2v) is 7.63. The van der Waals surface area contributed by atoms with E-state index in [9.17, 15) is 9.59 Å². The molecule has 0 saturated carbocycles. The highest BCUT2D eigenvalue weighted by molar-refractivity contribution is 5.95. The van der Waals surface area contributed by atoms with Crippen molar-refractivity contribution < 1.29 is 14.3 Å². The van der Waals surface area contributed by atoms with E-state index in [1.54, 1.807) is 18.9 Å². The SMILES string of the molecule is CCc1c(C)c(C(=O)N2CCN(C(C)=O)CC2)n(Cc2cccc(OC)c2)c1C. The lowest BCUT2D eigenvalue weighted by molar-refractivity contribution is -0.130. The van der Waals surface area contributed by atoms with Crippen molar-refractivity contribution in [3.05, 3.63) is 52.3 Å². The van der Waals surface area contributed by atoms with Crippen LogP contribution in [0.1, 0.15) is 46.7 Å². The van der Waals surface area contributed by atoms with Crippen LogP contribution in [0.15, 0.2) is 24.3 Å². The molecule has 156 valence electrons. The molecule has 0 atom stereocenters. The Morgan fingerprint density at radius 2 is 1.72 bits per heavy atom. The first-order valence-corrected chi connectivity index (χ1v) is 10.2. The highest BCUT2D eigenvalue weighted by atomic mass is 16.5. The van der Waals surface area contributed by atoms with Crippen molar-refractivity contribution in [1.82, 2.24) is 14.4 Å². The Morgan fingerprint density at radius 1 is 1.07 bits per heavy atom. The number of amides is 2. The van der Waals surface area contributed by atoms with Gasteiger partial charge in [-0.1, -0.05) is 19.1 Å². The van der Waals surface area contributed by atoms with Gasteiger partial charge in [0.1, 0.15) is 11.4 Å². The molecule has 1 aliphatic rings. The summed E-state index contributed by atoms with van der Waals surface area (Å²) in [5, 5.41) is 0. The lowest BCUT2D eigenvalue weighted by atomic mass is 10.1. The first-order chi connectivity index (χ1) is 13.9. The van der Waals surface area contributed by atoms with Crippen LogP contribution in [0, 0.1) is 13.8 Å². The van der Waals surface area contributed by atoms with Crippen molar-refractivity contribution >= 4 is 11.8 Å². The fourth-order valence-electron chi connectivity index (χ4n) is 4.27. The second-order valence-electron chi connectivity index (χ2n) is 7.63. The van der Waals surface area contributed by atoms with Crippen molar-refractivity contribution in [2.75, 3.05) is 33.3 Å². The van der Waals surface area contributed by atoms with Crippen LogP contribution in [0.5, 0.6) is 5.75 Å². The minimum Gasteiger partial charge on any atom is -0.497 e. The van der Waals surface area contributed by atoms with Gasteiger partial charge in [0.2, 0.25) is 5.91 Å². The Bertz CT molecular complexity index is 908. The molecule has 1 aromatic carbocycles. The number of rotatable bonds is 5. The van der Waals surface area contributed by atoms with Gasteiger partial charge in [-0.25, -0.2) is 0 Å². The smallest absolute Gasteiger partial charge is 0.270 e. The molecule has 2 heterocycles. The topological polar surface area (TPSA) is 54.8 Å². The highest BCUT2D eigenvalue weighted by Gasteiger charge is 2.28. The maximum atomic E-state index is 13.5. The summed E-state index contributed by atoms with van der Waals surface area (Å²) in [6.45, 7) is 10.8. The van der Waals surface area contributed by atoms with Gasteiger partial charge in [-0.2, -0.15) is 0 Å². The summed E-state index contributed by atoms with van der Waals surface area (Å²) < 4.78 is 7.50. The number of ether oxygens (including phenoxy) is 1. The molecule has 1 fully saturated rings. The van der Waals surface area contributed by atoms with Gasteiger partial charge in [0, 0.05) is 45.3 Å². The molecule has 1 aromatic heterocycles. The Balaban J connectivity index is 1.93. The Morgan fingerprint density at radius 3 is 2.31 bits per heavy atom.